The Labute approximate surface area is 129 Å². The van der Waals surface area contributed by atoms with Gasteiger partial charge in [-0.05, 0) is 37.1 Å². The summed E-state index contributed by atoms with van der Waals surface area (Å²) in [5.74, 6) is 0.294. The second kappa shape index (κ2) is 7.45. The molecule has 0 atom stereocenters. The highest BCUT2D eigenvalue weighted by Crippen LogP contribution is 2.28. The number of halogens is 1. The third-order valence-corrected chi connectivity index (χ3v) is 3.69. The summed E-state index contributed by atoms with van der Waals surface area (Å²) in [6.07, 6.45) is 8.28. The van der Waals surface area contributed by atoms with E-state index >= 15 is 0 Å². The van der Waals surface area contributed by atoms with Crippen LogP contribution in [0.5, 0.6) is 5.75 Å². The second-order valence-electron chi connectivity index (χ2n) is 5.04. The highest BCUT2D eigenvalue weighted by molar-refractivity contribution is 8.93. The van der Waals surface area contributed by atoms with Crippen molar-refractivity contribution < 1.29 is 10.6 Å². The fourth-order valence-electron chi connectivity index (χ4n) is 2.73. The van der Waals surface area contributed by atoms with Gasteiger partial charge in [-0.15, -0.1) is 17.0 Å². The lowest BCUT2D eigenvalue weighted by atomic mass is 9.95. The van der Waals surface area contributed by atoms with E-state index in [-0.39, 0.29) is 22.5 Å². The number of phenolic OH excluding ortho intramolecular Hbond substituents is 1. The number of anilines is 1. The van der Waals surface area contributed by atoms with Crippen molar-refractivity contribution in [1.82, 2.24) is 4.98 Å². The maximum atomic E-state index is 9.60. The van der Waals surface area contributed by atoms with E-state index in [1.54, 1.807) is 12.1 Å². The summed E-state index contributed by atoms with van der Waals surface area (Å²) in [6.45, 7) is 0. The lowest BCUT2D eigenvalue weighted by Crippen LogP contribution is -2.22. The van der Waals surface area contributed by atoms with Gasteiger partial charge in [0.2, 0.25) is 0 Å². The third-order valence-electron chi connectivity index (χ3n) is 3.69. The van der Waals surface area contributed by atoms with Gasteiger partial charge in [0.25, 0.3) is 0 Å². The monoisotopic (exact) mass is 340 g/mol. The summed E-state index contributed by atoms with van der Waals surface area (Å²) < 4.78 is 0. The lowest BCUT2D eigenvalue weighted by molar-refractivity contribution is 0.463. The molecule has 0 unspecified atom stereocenters. The summed E-state index contributed by atoms with van der Waals surface area (Å²) in [5, 5.41) is 14.2. The Hall–Kier alpha value is -1.33. The van der Waals surface area contributed by atoms with E-state index < -0.39 is 0 Å². The summed E-state index contributed by atoms with van der Waals surface area (Å²) in [6, 6.07) is 7.88. The summed E-state index contributed by atoms with van der Waals surface area (Å²) in [4.78, 5) is 4.32. The molecule has 110 valence electrons. The first kappa shape index (κ1) is 16.7. The van der Waals surface area contributed by atoms with Crippen LogP contribution in [0.15, 0.2) is 30.5 Å². The molecule has 0 aliphatic heterocycles. The van der Waals surface area contributed by atoms with Gasteiger partial charge in [-0.3, -0.25) is 4.98 Å². The van der Waals surface area contributed by atoms with Crippen LogP contribution in [0, 0.1) is 0 Å². The van der Waals surface area contributed by atoms with Crippen LogP contribution in [0.1, 0.15) is 32.1 Å². The van der Waals surface area contributed by atoms with Crippen LogP contribution >= 0.6 is 17.0 Å². The normalized spacial score (nSPS) is 15.2. The molecule has 1 aromatic carbocycles. The van der Waals surface area contributed by atoms with Gasteiger partial charge >= 0.3 is 0 Å². The van der Waals surface area contributed by atoms with Crippen LogP contribution in [0.3, 0.4) is 0 Å². The highest BCUT2D eigenvalue weighted by Gasteiger charge is 2.14. The zero-order valence-electron chi connectivity index (χ0n) is 11.3. The maximum absolute atomic E-state index is 9.60. The molecule has 1 aliphatic rings. The zero-order valence-corrected chi connectivity index (χ0v) is 13.0. The number of hydrogen-bond donors (Lipinski definition) is 2. The molecule has 0 spiro atoms. The molecule has 3 rings (SSSR count). The molecule has 1 heterocycles. The first-order valence-corrected chi connectivity index (χ1v) is 6.67. The second-order valence-corrected chi connectivity index (χ2v) is 5.04. The number of rotatable bonds is 2. The fourth-order valence-corrected chi connectivity index (χ4v) is 2.73. The van der Waals surface area contributed by atoms with Crippen LogP contribution in [0.2, 0.25) is 0 Å². The number of phenols is 1. The molecule has 4 nitrogen and oxygen atoms in total. The van der Waals surface area contributed by atoms with Crippen LogP contribution in [-0.4, -0.2) is 21.6 Å². The molecule has 0 amide bonds. The molecular formula is C15H21BrN2O2. The average molecular weight is 341 g/mol. The largest absolute Gasteiger partial charge is 0.508 e. The Kier molecular flexibility index (Phi) is 6.23. The van der Waals surface area contributed by atoms with Gasteiger partial charge in [0, 0.05) is 23.3 Å². The molecule has 0 radical (unpaired) electrons. The van der Waals surface area contributed by atoms with E-state index in [0.29, 0.717) is 11.8 Å². The third kappa shape index (κ3) is 3.61. The molecule has 5 heteroatoms. The summed E-state index contributed by atoms with van der Waals surface area (Å²) in [7, 11) is 0. The molecule has 1 aromatic heterocycles. The minimum absolute atomic E-state index is 0. The number of aromatic nitrogens is 1. The Bertz CT molecular complexity index is 557. The van der Waals surface area contributed by atoms with Crippen molar-refractivity contribution in [3.8, 4) is 5.75 Å². The van der Waals surface area contributed by atoms with Gasteiger partial charge < -0.3 is 15.9 Å². The van der Waals surface area contributed by atoms with Gasteiger partial charge in [-0.25, -0.2) is 0 Å². The van der Waals surface area contributed by atoms with Crippen LogP contribution < -0.4 is 5.32 Å². The summed E-state index contributed by atoms with van der Waals surface area (Å²) in [5.41, 5.74) is 2.01. The van der Waals surface area contributed by atoms with E-state index in [9.17, 15) is 5.11 Å². The smallest absolute Gasteiger partial charge is 0.116 e. The Morgan fingerprint density at radius 1 is 1.10 bits per heavy atom. The Balaban J connectivity index is 0.000001000. The number of fused-ring (bicyclic) bond motifs is 1. The number of pyridine rings is 1. The number of hydrogen-bond acceptors (Lipinski definition) is 3. The van der Waals surface area contributed by atoms with E-state index in [0.717, 1.165) is 16.6 Å². The van der Waals surface area contributed by atoms with E-state index in [1.807, 2.05) is 18.3 Å². The SMILES string of the molecule is Br.O.Oc1ccc2nccc(NC3CCCCC3)c2c1. The van der Waals surface area contributed by atoms with Crippen molar-refractivity contribution in [2.75, 3.05) is 5.32 Å². The number of nitrogens with one attached hydrogen (secondary N) is 1. The summed E-state index contributed by atoms with van der Waals surface area (Å²) >= 11 is 0. The van der Waals surface area contributed by atoms with E-state index in [2.05, 4.69) is 10.3 Å². The van der Waals surface area contributed by atoms with Crippen LogP contribution in [-0.2, 0) is 0 Å². The van der Waals surface area contributed by atoms with Gasteiger partial charge in [-0.2, -0.15) is 0 Å². The molecule has 1 aliphatic carbocycles. The Morgan fingerprint density at radius 2 is 1.85 bits per heavy atom. The number of aromatic hydroxyl groups is 1. The van der Waals surface area contributed by atoms with Crippen LogP contribution in [0.4, 0.5) is 5.69 Å². The van der Waals surface area contributed by atoms with Gasteiger partial charge in [-0.1, -0.05) is 19.3 Å². The topological polar surface area (TPSA) is 76.7 Å². The molecular weight excluding hydrogens is 320 g/mol. The molecule has 0 saturated heterocycles. The van der Waals surface area contributed by atoms with Crippen molar-refractivity contribution in [1.29, 1.82) is 0 Å². The van der Waals surface area contributed by atoms with Crippen molar-refractivity contribution in [3.63, 3.8) is 0 Å². The molecule has 1 saturated carbocycles. The minimum atomic E-state index is 0. The van der Waals surface area contributed by atoms with Gasteiger partial charge in [0.1, 0.15) is 5.75 Å². The van der Waals surface area contributed by atoms with Crippen molar-refractivity contribution in [3.05, 3.63) is 30.5 Å². The molecule has 2 aromatic rings. The lowest BCUT2D eigenvalue weighted by Gasteiger charge is -2.24. The van der Waals surface area contributed by atoms with E-state index in [4.69, 9.17) is 0 Å². The minimum Gasteiger partial charge on any atom is -0.508 e. The number of benzene rings is 1. The quantitative estimate of drug-likeness (QED) is 0.878. The van der Waals surface area contributed by atoms with Crippen molar-refractivity contribution in [2.45, 2.75) is 38.1 Å². The standard InChI is InChI=1S/C15H18N2O.BrH.H2O/c18-12-6-7-14-13(10-12)15(8-9-16-14)17-11-4-2-1-3-5-11;;/h6-11,18H,1-5H2,(H,16,17);1H;1H2. The molecule has 20 heavy (non-hydrogen) atoms. The van der Waals surface area contributed by atoms with Crippen molar-refractivity contribution >= 4 is 33.6 Å². The average Bonchev–Trinajstić information content (AvgIpc) is 2.41. The van der Waals surface area contributed by atoms with E-state index in [1.165, 1.54) is 32.1 Å². The molecule has 1 fully saturated rings. The molecule has 4 N–H and O–H groups in total. The zero-order chi connectivity index (χ0) is 12.4. The van der Waals surface area contributed by atoms with Gasteiger partial charge in [0.05, 0.1) is 5.52 Å². The predicted molar refractivity (Wildman–Crippen MR) is 87.8 cm³/mol. The first-order valence-electron chi connectivity index (χ1n) is 6.67. The van der Waals surface area contributed by atoms with Crippen molar-refractivity contribution in [2.24, 2.45) is 0 Å². The number of nitrogens with zero attached hydrogens (tertiary/aromatic N) is 1. The highest BCUT2D eigenvalue weighted by atomic mass is 79.9. The molecule has 0 bridgehead atoms. The first-order chi connectivity index (χ1) is 8.83. The fraction of sp³-hybridized carbons (Fsp3) is 0.400. The maximum Gasteiger partial charge on any atom is 0.116 e. The predicted octanol–water partition coefficient (Wildman–Crippen LogP) is 3.44. The van der Waals surface area contributed by atoms with Crippen LogP contribution in [0.25, 0.3) is 10.9 Å². The van der Waals surface area contributed by atoms with Gasteiger partial charge in [0.15, 0.2) is 0 Å². The Morgan fingerprint density at radius 3 is 2.60 bits per heavy atom.